The van der Waals surface area contributed by atoms with Crippen LogP contribution in [0, 0.1) is 0 Å². The molecule has 0 radical (unpaired) electrons. The molecule has 0 atom stereocenters. The number of hydrogen-bond acceptors (Lipinski definition) is 3. The number of nitrogens with zero attached hydrogens (tertiary/aromatic N) is 3. The number of carbonyl (C=O) groups is 1. The van der Waals surface area contributed by atoms with Gasteiger partial charge in [-0.25, -0.2) is 13.6 Å². The summed E-state index contributed by atoms with van der Waals surface area (Å²) in [7, 11) is 3.39. The number of aryl methyl sites for hydroxylation is 2. The second kappa shape index (κ2) is 9.52. The Balaban J connectivity index is 0.00000304. The summed E-state index contributed by atoms with van der Waals surface area (Å²) in [5.74, 6) is 0.745. The van der Waals surface area contributed by atoms with Gasteiger partial charge in [-0.3, -0.25) is 4.68 Å². The Labute approximate surface area is 204 Å². The minimum Gasteiger partial charge on any atom is -0.491 e. The third-order valence-corrected chi connectivity index (χ3v) is 6.67. The van der Waals surface area contributed by atoms with E-state index in [1.165, 1.54) is 0 Å². The fourth-order valence-electron chi connectivity index (χ4n) is 4.93. The molecule has 1 N–H and O–H groups in total. The molecule has 2 aliphatic rings. The van der Waals surface area contributed by atoms with E-state index in [1.807, 2.05) is 24.3 Å². The maximum Gasteiger partial charge on any atom is 0.317 e. The molecule has 1 aliphatic carbocycles. The number of rotatable bonds is 3. The number of urea groups is 1. The minimum atomic E-state index is -2.61. The molecular weight excluding hydrogens is 450 g/mol. The van der Waals surface area contributed by atoms with Crippen LogP contribution in [0.2, 0.25) is 0 Å². The normalized spacial score (nSPS) is 15.5. The van der Waals surface area contributed by atoms with Gasteiger partial charge in [-0.1, -0.05) is 12.1 Å². The van der Waals surface area contributed by atoms with Crippen LogP contribution in [0.5, 0.6) is 5.75 Å². The minimum absolute atomic E-state index is 0. The first kappa shape index (κ1) is 23.1. The smallest absolute Gasteiger partial charge is 0.317 e. The molecule has 1 aromatic heterocycles. The van der Waals surface area contributed by atoms with E-state index in [1.54, 1.807) is 42.1 Å². The fraction of sp³-hybridized carbons (Fsp3) is 0.333. The molecule has 0 saturated carbocycles. The molecule has 0 fully saturated rings. The van der Waals surface area contributed by atoms with E-state index in [0.717, 1.165) is 52.8 Å². The SMILES string of the molecule is CNC(=O)N1CCOc2ccc(C3=CCCCc4cc(-c5cnn(C)c5)c(C(F)F)cc43)cc2C1.[HH]. The molecule has 2 aromatic carbocycles. The standard InChI is InChI=1S/C27H28F2N4O2.H2/c1-30-27(34)33-9-10-35-25-8-7-18(11-19(25)16-33)21-6-4-3-5-17-12-22(20-14-31-32(2)15-20)24(26(28)29)13-23(17)21;/h6-8,11-15,26H,3-5,9-10,16H2,1-2H3,(H,30,34);1H. The Bertz CT molecular complexity index is 1300. The third kappa shape index (κ3) is 4.52. The number of nitrogens with one attached hydrogen (secondary N) is 1. The third-order valence-electron chi connectivity index (χ3n) is 6.67. The highest BCUT2D eigenvalue weighted by Crippen LogP contribution is 2.40. The Hall–Kier alpha value is -3.68. The van der Waals surface area contributed by atoms with Crippen LogP contribution in [0.15, 0.2) is 48.8 Å². The van der Waals surface area contributed by atoms with Crippen molar-refractivity contribution in [3.63, 3.8) is 0 Å². The fourth-order valence-corrected chi connectivity index (χ4v) is 4.93. The molecule has 0 bridgehead atoms. The van der Waals surface area contributed by atoms with E-state index in [4.69, 9.17) is 4.74 Å². The van der Waals surface area contributed by atoms with E-state index < -0.39 is 6.43 Å². The van der Waals surface area contributed by atoms with Gasteiger partial charge in [0.15, 0.2) is 0 Å². The highest BCUT2D eigenvalue weighted by Gasteiger charge is 2.24. The second-order valence-corrected chi connectivity index (χ2v) is 8.96. The summed E-state index contributed by atoms with van der Waals surface area (Å²) in [5, 5.41) is 6.85. The Kier molecular flexibility index (Phi) is 6.28. The van der Waals surface area contributed by atoms with E-state index in [2.05, 4.69) is 16.5 Å². The van der Waals surface area contributed by atoms with Gasteiger partial charge in [-0.15, -0.1) is 0 Å². The first-order chi connectivity index (χ1) is 16.9. The van der Waals surface area contributed by atoms with Crippen molar-refractivity contribution in [1.29, 1.82) is 0 Å². The van der Waals surface area contributed by atoms with Crippen LogP contribution in [0.3, 0.4) is 0 Å². The number of allylic oxidation sites excluding steroid dienone is 1. The summed E-state index contributed by atoms with van der Waals surface area (Å²) in [6.45, 7) is 1.33. The number of benzene rings is 2. The molecule has 5 rings (SSSR count). The van der Waals surface area contributed by atoms with Crippen LogP contribution in [0.25, 0.3) is 16.7 Å². The lowest BCUT2D eigenvalue weighted by Crippen LogP contribution is -2.38. The van der Waals surface area contributed by atoms with Gasteiger partial charge in [-0.05, 0) is 71.4 Å². The number of alkyl halides is 2. The molecule has 2 amide bonds. The van der Waals surface area contributed by atoms with Crippen LogP contribution >= 0.6 is 0 Å². The molecule has 184 valence electrons. The van der Waals surface area contributed by atoms with Crippen LogP contribution in [-0.4, -0.2) is 40.9 Å². The maximum atomic E-state index is 14.2. The largest absolute Gasteiger partial charge is 0.491 e. The summed E-state index contributed by atoms with van der Waals surface area (Å²) in [6, 6.07) is 9.32. The quantitative estimate of drug-likeness (QED) is 0.533. The zero-order valence-corrected chi connectivity index (χ0v) is 19.9. The van der Waals surface area contributed by atoms with E-state index in [-0.39, 0.29) is 13.0 Å². The Morgan fingerprint density at radius 1 is 1.17 bits per heavy atom. The molecule has 0 spiro atoms. The van der Waals surface area contributed by atoms with E-state index >= 15 is 0 Å². The molecular formula is C27H30F2N4O2. The average Bonchev–Trinajstić information content (AvgIpc) is 3.05. The summed E-state index contributed by atoms with van der Waals surface area (Å²) in [4.78, 5) is 14.0. The lowest BCUT2D eigenvalue weighted by molar-refractivity contribution is 0.152. The first-order valence-electron chi connectivity index (χ1n) is 11.8. The van der Waals surface area contributed by atoms with Gasteiger partial charge in [0.25, 0.3) is 6.43 Å². The van der Waals surface area contributed by atoms with Crippen molar-refractivity contribution < 1.29 is 19.7 Å². The van der Waals surface area contributed by atoms with Crippen molar-refractivity contribution in [1.82, 2.24) is 20.0 Å². The zero-order valence-electron chi connectivity index (χ0n) is 19.9. The molecule has 8 heteroatoms. The Morgan fingerprint density at radius 3 is 2.77 bits per heavy atom. The summed E-state index contributed by atoms with van der Waals surface area (Å²) >= 11 is 0. The molecule has 35 heavy (non-hydrogen) atoms. The molecule has 0 saturated heterocycles. The zero-order chi connectivity index (χ0) is 24.5. The van der Waals surface area contributed by atoms with Crippen molar-refractivity contribution >= 4 is 11.6 Å². The predicted molar refractivity (Wildman–Crippen MR) is 133 cm³/mol. The summed E-state index contributed by atoms with van der Waals surface area (Å²) in [5.41, 5.74) is 5.89. The van der Waals surface area contributed by atoms with Gasteiger partial charge < -0.3 is 15.0 Å². The number of aromatic nitrogens is 2. The summed E-state index contributed by atoms with van der Waals surface area (Å²) in [6.07, 6.45) is 5.54. The number of amides is 2. The van der Waals surface area contributed by atoms with Gasteiger partial charge in [0.05, 0.1) is 19.3 Å². The van der Waals surface area contributed by atoms with Crippen LogP contribution in [0.4, 0.5) is 13.6 Å². The van der Waals surface area contributed by atoms with Crippen molar-refractivity contribution in [3.8, 4) is 16.9 Å². The molecule has 1 aliphatic heterocycles. The lowest BCUT2D eigenvalue weighted by Gasteiger charge is -2.20. The van der Waals surface area contributed by atoms with Crippen molar-refractivity contribution in [2.24, 2.45) is 7.05 Å². The van der Waals surface area contributed by atoms with Crippen molar-refractivity contribution in [2.45, 2.75) is 32.2 Å². The Morgan fingerprint density at radius 2 is 2.03 bits per heavy atom. The molecule has 2 heterocycles. The number of hydrogen-bond donors (Lipinski definition) is 1. The van der Waals surface area contributed by atoms with Gasteiger partial charge in [-0.2, -0.15) is 5.10 Å². The van der Waals surface area contributed by atoms with E-state index in [9.17, 15) is 13.6 Å². The second-order valence-electron chi connectivity index (χ2n) is 8.96. The van der Waals surface area contributed by atoms with E-state index in [0.29, 0.717) is 30.8 Å². The first-order valence-corrected chi connectivity index (χ1v) is 11.8. The average molecular weight is 481 g/mol. The van der Waals surface area contributed by atoms with Crippen molar-refractivity contribution in [2.75, 3.05) is 20.2 Å². The highest BCUT2D eigenvalue weighted by atomic mass is 19.3. The topological polar surface area (TPSA) is 59.4 Å². The summed E-state index contributed by atoms with van der Waals surface area (Å²) < 4.78 is 36.0. The maximum absolute atomic E-state index is 14.2. The number of carbonyl (C=O) groups excluding carboxylic acids is 1. The lowest BCUT2D eigenvalue weighted by atomic mass is 9.88. The van der Waals surface area contributed by atoms with Crippen molar-refractivity contribution in [3.05, 3.63) is 76.6 Å². The van der Waals surface area contributed by atoms with Gasteiger partial charge >= 0.3 is 6.03 Å². The van der Waals surface area contributed by atoms with Gasteiger partial charge in [0.1, 0.15) is 12.4 Å². The monoisotopic (exact) mass is 480 g/mol. The van der Waals surface area contributed by atoms with Gasteiger partial charge in [0, 0.05) is 38.4 Å². The molecule has 0 unspecified atom stereocenters. The molecule has 3 aromatic rings. The van der Waals surface area contributed by atoms with Gasteiger partial charge in [0.2, 0.25) is 0 Å². The number of ether oxygens (including phenoxy) is 1. The highest BCUT2D eigenvalue weighted by molar-refractivity contribution is 5.85. The molecule has 6 nitrogen and oxygen atoms in total. The van der Waals surface area contributed by atoms with Crippen LogP contribution in [0.1, 0.15) is 48.5 Å². The number of halogens is 2. The predicted octanol–water partition coefficient (Wildman–Crippen LogP) is 5.57. The van der Waals surface area contributed by atoms with Crippen LogP contribution in [-0.2, 0) is 20.0 Å². The number of fused-ring (bicyclic) bond motifs is 2. The van der Waals surface area contributed by atoms with Crippen LogP contribution < -0.4 is 10.1 Å².